The Labute approximate surface area is 179 Å². The van der Waals surface area contributed by atoms with Gasteiger partial charge in [0.1, 0.15) is 11.8 Å². The van der Waals surface area contributed by atoms with Gasteiger partial charge in [-0.3, -0.25) is 14.1 Å². The Kier molecular flexibility index (Phi) is 6.11. The van der Waals surface area contributed by atoms with Crippen molar-refractivity contribution in [1.29, 1.82) is 0 Å². The van der Waals surface area contributed by atoms with Gasteiger partial charge < -0.3 is 14.2 Å². The molecule has 0 aliphatic carbocycles. The van der Waals surface area contributed by atoms with Crippen molar-refractivity contribution in [2.45, 2.75) is 25.5 Å². The SMILES string of the molecule is COc1cccc(OC)c1OC1CCN(Cc2cc(=O)n3cc(Cl)ccc3n2)CC1. The van der Waals surface area contributed by atoms with Crippen LogP contribution in [0.15, 0.2) is 47.4 Å². The molecule has 1 aromatic carbocycles. The zero-order valence-electron chi connectivity index (χ0n) is 17.0. The fourth-order valence-electron chi connectivity index (χ4n) is 3.72. The van der Waals surface area contributed by atoms with Gasteiger partial charge in [-0.1, -0.05) is 17.7 Å². The molecule has 4 rings (SSSR count). The van der Waals surface area contributed by atoms with Crippen molar-refractivity contribution < 1.29 is 14.2 Å². The van der Waals surface area contributed by atoms with Crippen LogP contribution in [0, 0.1) is 0 Å². The van der Waals surface area contributed by atoms with Crippen molar-refractivity contribution in [3.8, 4) is 17.2 Å². The predicted octanol–water partition coefficient (Wildman–Crippen LogP) is 3.41. The molecule has 0 amide bonds. The molecule has 3 aromatic rings. The van der Waals surface area contributed by atoms with Gasteiger partial charge in [-0.25, -0.2) is 4.98 Å². The molecule has 1 fully saturated rings. The van der Waals surface area contributed by atoms with E-state index in [0.717, 1.165) is 31.6 Å². The lowest BCUT2D eigenvalue weighted by Gasteiger charge is -2.32. The molecule has 8 heteroatoms. The molecule has 1 aliphatic rings. The second-order valence-electron chi connectivity index (χ2n) is 7.25. The Morgan fingerprint density at radius 3 is 2.47 bits per heavy atom. The molecule has 1 saturated heterocycles. The van der Waals surface area contributed by atoms with Crippen LogP contribution in [-0.4, -0.2) is 47.7 Å². The number of hydrogen-bond acceptors (Lipinski definition) is 6. The summed E-state index contributed by atoms with van der Waals surface area (Å²) in [5, 5.41) is 0.507. The van der Waals surface area contributed by atoms with Gasteiger partial charge in [0.2, 0.25) is 5.75 Å². The zero-order chi connectivity index (χ0) is 21.1. The summed E-state index contributed by atoms with van der Waals surface area (Å²) >= 11 is 5.97. The quantitative estimate of drug-likeness (QED) is 0.598. The first-order valence-electron chi connectivity index (χ1n) is 9.85. The first-order valence-corrected chi connectivity index (χ1v) is 10.2. The van der Waals surface area contributed by atoms with Gasteiger partial charge in [-0.2, -0.15) is 0 Å². The van der Waals surface area contributed by atoms with E-state index >= 15 is 0 Å². The van der Waals surface area contributed by atoms with Crippen molar-refractivity contribution in [3.63, 3.8) is 0 Å². The third kappa shape index (κ3) is 4.37. The van der Waals surface area contributed by atoms with E-state index in [1.165, 1.54) is 4.40 Å². The average molecular weight is 430 g/mol. The highest BCUT2D eigenvalue weighted by Crippen LogP contribution is 2.38. The van der Waals surface area contributed by atoms with E-state index in [1.54, 1.807) is 38.6 Å². The van der Waals surface area contributed by atoms with Crippen molar-refractivity contribution >= 4 is 17.2 Å². The Hall–Kier alpha value is -2.77. The molecule has 0 spiro atoms. The van der Waals surface area contributed by atoms with Crippen molar-refractivity contribution in [2.24, 2.45) is 0 Å². The van der Waals surface area contributed by atoms with Gasteiger partial charge in [-0.15, -0.1) is 0 Å². The van der Waals surface area contributed by atoms with Crippen LogP contribution in [0.5, 0.6) is 17.2 Å². The number of pyridine rings is 1. The van der Waals surface area contributed by atoms with Crippen LogP contribution in [0.25, 0.3) is 5.65 Å². The third-order valence-corrected chi connectivity index (χ3v) is 5.49. The number of methoxy groups -OCH3 is 2. The van der Waals surface area contributed by atoms with E-state index in [2.05, 4.69) is 9.88 Å². The van der Waals surface area contributed by atoms with Crippen LogP contribution in [0.4, 0.5) is 0 Å². The first kappa shape index (κ1) is 20.5. The Morgan fingerprint density at radius 2 is 1.80 bits per heavy atom. The highest BCUT2D eigenvalue weighted by molar-refractivity contribution is 6.30. The number of benzene rings is 1. The predicted molar refractivity (Wildman–Crippen MR) is 115 cm³/mol. The minimum Gasteiger partial charge on any atom is -0.493 e. The van der Waals surface area contributed by atoms with Crippen molar-refractivity contribution in [3.05, 3.63) is 63.7 Å². The molecule has 158 valence electrons. The van der Waals surface area contributed by atoms with Crippen molar-refractivity contribution in [2.75, 3.05) is 27.3 Å². The molecular weight excluding hydrogens is 406 g/mol. The number of fused-ring (bicyclic) bond motifs is 1. The summed E-state index contributed by atoms with van der Waals surface area (Å²) in [6.45, 7) is 2.33. The molecule has 0 N–H and O–H groups in total. The lowest BCUT2D eigenvalue weighted by Crippen LogP contribution is -2.38. The summed E-state index contributed by atoms with van der Waals surface area (Å²) in [7, 11) is 3.24. The standard InChI is InChI=1S/C22H24ClN3O4/c1-28-18-4-3-5-19(29-2)22(18)30-17-8-10-25(11-9-17)14-16-12-21(27)26-13-15(23)6-7-20(26)24-16/h3-7,12-13,17H,8-11,14H2,1-2H3. The molecule has 7 nitrogen and oxygen atoms in total. The number of rotatable bonds is 6. The number of ether oxygens (including phenoxy) is 3. The van der Waals surface area contributed by atoms with Crippen LogP contribution in [0.3, 0.4) is 0 Å². The minimum atomic E-state index is -0.126. The number of nitrogens with zero attached hydrogens (tertiary/aromatic N) is 3. The minimum absolute atomic E-state index is 0.0729. The maximum Gasteiger partial charge on any atom is 0.258 e. The highest BCUT2D eigenvalue weighted by Gasteiger charge is 2.24. The monoisotopic (exact) mass is 429 g/mol. The van der Waals surface area contributed by atoms with Gasteiger partial charge in [0.25, 0.3) is 5.56 Å². The second kappa shape index (κ2) is 8.93. The first-order chi connectivity index (χ1) is 14.6. The van der Waals surface area contributed by atoms with Crippen LogP contribution in [0.2, 0.25) is 5.02 Å². The maximum absolute atomic E-state index is 12.4. The van der Waals surface area contributed by atoms with E-state index in [0.29, 0.717) is 34.5 Å². The topological polar surface area (TPSA) is 65.3 Å². The van der Waals surface area contributed by atoms with Gasteiger partial charge in [0, 0.05) is 31.9 Å². The van der Waals surface area contributed by atoms with Gasteiger partial charge in [-0.05, 0) is 37.1 Å². The molecule has 0 bridgehead atoms. The van der Waals surface area contributed by atoms with Crippen LogP contribution in [0.1, 0.15) is 18.5 Å². The number of likely N-dealkylation sites (tertiary alicyclic amines) is 1. The number of hydrogen-bond donors (Lipinski definition) is 0. The Balaban J connectivity index is 1.41. The number of aromatic nitrogens is 2. The maximum atomic E-state index is 12.4. The molecule has 0 unspecified atom stereocenters. The summed E-state index contributed by atoms with van der Waals surface area (Å²) in [6, 6.07) is 10.7. The van der Waals surface area contributed by atoms with E-state index < -0.39 is 0 Å². The van der Waals surface area contributed by atoms with E-state index in [9.17, 15) is 4.79 Å². The fraction of sp³-hybridized carbons (Fsp3) is 0.364. The summed E-state index contributed by atoms with van der Waals surface area (Å²) in [5.41, 5.74) is 1.23. The molecular formula is C22H24ClN3O4. The number of piperidine rings is 1. The average Bonchev–Trinajstić information content (AvgIpc) is 2.76. The number of halogens is 1. The fourth-order valence-corrected chi connectivity index (χ4v) is 3.88. The molecule has 0 atom stereocenters. The normalized spacial score (nSPS) is 15.3. The molecule has 30 heavy (non-hydrogen) atoms. The molecule has 3 heterocycles. The number of para-hydroxylation sites is 1. The lowest BCUT2D eigenvalue weighted by atomic mass is 10.1. The van der Waals surface area contributed by atoms with Crippen LogP contribution in [-0.2, 0) is 6.54 Å². The second-order valence-corrected chi connectivity index (χ2v) is 7.68. The largest absolute Gasteiger partial charge is 0.493 e. The van der Waals surface area contributed by atoms with Crippen LogP contribution < -0.4 is 19.8 Å². The summed E-state index contributed by atoms with van der Waals surface area (Å²) < 4.78 is 18.5. The molecule has 0 radical (unpaired) electrons. The Bertz CT molecular complexity index is 1070. The van der Waals surface area contributed by atoms with Gasteiger partial charge in [0.15, 0.2) is 11.5 Å². The zero-order valence-corrected chi connectivity index (χ0v) is 17.8. The molecule has 0 saturated carbocycles. The van der Waals surface area contributed by atoms with Crippen LogP contribution >= 0.6 is 11.6 Å². The van der Waals surface area contributed by atoms with E-state index in [4.69, 9.17) is 25.8 Å². The van der Waals surface area contributed by atoms with E-state index in [1.807, 2.05) is 18.2 Å². The highest BCUT2D eigenvalue weighted by atomic mass is 35.5. The van der Waals surface area contributed by atoms with E-state index in [-0.39, 0.29) is 11.7 Å². The summed E-state index contributed by atoms with van der Waals surface area (Å²) in [5.74, 6) is 1.97. The lowest BCUT2D eigenvalue weighted by molar-refractivity contribution is 0.0911. The van der Waals surface area contributed by atoms with Gasteiger partial charge in [0.05, 0.1) is 24.9 Å². The van der Waals surface area contributed by atoms with Gasteiger partial charge >= 0.3 is 0 Å². The Morgan fingerprint density at radius 1 is 1.10 bits per heavy atom. The van der Waals surface area contributed by atoms with Crippen molar-refractivity contribution in [1.82, 2.24) is 14.3 Å². The smallest absolute Gasteiger partial charge is 0.258 e. The molecule has 1 aliphatic heterocycles. The summed E-state index contributed by atoms with van der Waals surface area (Å²) in [4.78, 5) is 19.3. The molecule has 2 aromatic heterocycles. The third-order valence-electron chi connectivity index (χ3n) is 5.26. The summed E-state index contributed by atoms with van der Waals surface area (Å²) in [6.07, 6.45) is 3.39.